The summed E-state index contributed by atoms with van der Waals surface area (Å²) in [7, 11) is 0. The lowest BCUT2D eigenvalue weighted by Crippen LogP contribution is -2.40. The zero-order valence-corrected chi connectivity index (χ0v) is 7.61. The van der Waals surface area contributed by atoms with Gasteiger partial charge in [0.25, 0.3) is 0 Å². The van der Waals surface area contributed by atoms with Crippen molar-refractivity contribution in [1.29, 1.82) is 0 Å². The average Bonchev–Trinajstić information content (AvgIpc) is 2.01. The van der Waals surface area contributed by atoms with Crippen LogP contribution in [0, 0.1) is 11.3 Å². The Labute approximate surface area is 71.8 Å². The SMILES string of the molecule is CC(C(=O)O)[C@H](O)C(C)(C)CO. The van der Waals surface area contributed by atoms with E-state index in [1.54, 1.807) is 13.8 Å². The molecule has 4 nitrogen and oxygen atoms in total. The zero-order valence-electron chi connectivity index (χ0n) is 7.61. The Morgan fingerprint density at radius 1 is 1.50 bits per heavy atom. The van der Waals surface area contributed by atoms with Crippen molar-refractivity contribution >= 4 is 5.97 Å². The van der Waals surface area contributed by atoms with Crippen molar-refractivity contribution in [3.63, 3.8) is 0 Å². The Kier molecular flexibility index (Phi) is 3.67. The van der Waals surface area contributed by atoms with Crippen LogP contribution in [0.3, 0.4) is 0 Å². The molecule has 0 amide bonds. The number of carboxylic acids is 1. The maximum absolute atomic E-state index is 10.5. The minimum Gasteiger partial charge on any atom is -0.481 e. The second-order valence-corrected chi connectivity index (χ2v) is 3.72. The molecule has 0 saturated heterocycles. The number of carboxylic acid groups (broad SMARTS) is 1. The summed E-state index contributed by atoms with van der Waals surface area (Å²) in [5, 5.41) is 26.9. The first-order valence-corrected chi connectivity index (χ1v) is 3.84. The fraction of sp³-hybridized carbons (Fsp3) is 0.875. The highest BCUT2D eigenvalue weighted by Gasteiger charge is 2.34. The van der Waals surface area contributed by atoms with E-state index in [2.05, 4.69) is 0 Å². The molecule has 0 heterocycles. The van der Waals surface area contributed by atoms with Crippen LogP contribution in [-0.2, 0) is 4.79 Å². The Bertz CT molecular complexity index is 164. The number of hydrogen-bond donors (Lipinski definition) is 3. The molecule has 4 heteroatoms. The van der Waals surface area contributed by atoms with Gasteiger partial charge in [0.2, 0.25) is 0 Å². The Morgan fingerprint density at radius 2 is 1.92 bits per heavy atom. The highest BCUT2D eigenvalue weighted by atomic mass is 16.4. The third-order valence-corrected chi connectivity index (χ3v) is 2.07. The molecule has 1 unspecified atom stereocenters. The van der Waals surface area contributed by atoms with E-state index in [1.807, 2.05) is 0 Å². The molecule has 2 atom stereocenters. The summed E-state index contributed by atoms with van der Waals surface area (Å²) in [5.74, 6) is -1.91. The Balaban J connectivity index is 4.37. The molecule has 0 saturated carbocycles. The van der Waals surface area contributed by atoms with Gasteiger partial charge >= 0.3 is 5.97 Å². The van der Waals surface area contributed by atoms with E-state index in [9.17, 15) is 9.90 Å². The van der Waals surface area contributed by atoms with Crippen LogP contribution in [0.15, 0.2) is 0 Å². The first kappa shape index (κ1) is 11.4. The van der Waals surface area contributed by atoms with Gasteiger partial charge in [-0.3, -0.25) is 4.79 Å². The average molecular weight is 176 g/mol. The Morgan fingerprint density at radius 3 is 2.17 bits per heavy atom. The molecular weight excluding hydrogens is 160 g/mol. The third kappa shape index (κ3) is 2.46. The molecule has 0 aliphatic rings. The van der Waals surface area contributed by atoms with Gasteiger partial charge in [0.15, 0.2) is 0 Å². The number of aliphatic hydroxyl groups excluding tert-OH is 2. The van der Waals surface area contributed by atoms with Gasteiger partial charge in [0, 0.05) is 5.41 Å². The van der Waals surface area contributed by atoms with E-state index < -0.39 is 23.4 Å². The largest absolute Gasteiger partial charge is 0.481 e. The monoisotopic (exact) mass is 176 g/mol. The van der Waals surface area contributed by atoms with Crippen molar-refractivity contribution in [2.75, 3.05) is 6.61 Å². The van der Waals surface area contributed by atoms with Gasteiger partial charge in [-0.1, -0.05) is 13.8 Å². The lowest BCUT2D eigenvalue weighted by molar-refractivity contribution is -0.149. The standard InChI is InChI=1S/C8H16O4/c1-5(7(11)12)6(10)8(2,3)4-9/h5-6,9-10H,4H2,1-3H3,(H,11,12)/t5?,6-/m0/s1. The van der Waals surface area contributed by atoms with Gasteiger partial charge in [0.1, 0.15) is 0 Å². The first-order chi connectivity index (χ1) is 5.33. The highest BCUT2D eigenvalue weighted by Crippen LogP contribution is 2.25. The molecule has 0 spiro atoms. The minimum absolute atomic E-state index is 0.230. The van der Waals surface area contributed by atoms with Crippen molar-refractivity contribution in [1.82, 2.24) is 0 Å². The van der Waals surface area contributed by atoms with Crippen LogP contribution in [0.5, 0.6) is 0 Å². The van der Waals surface area contributed by atoms with Gasteiger partial charge in [0.05, 0.1) is 18.6 Å². The molecule has 3 N–H and O–H groups in total. The van der Waals surface area contributed by atoms with E-state index in [1.165, 1.54) is 6.92 Å². The van der Waals surface area contributed by atoms with E-state index in [-0.39, 0.29) is 6.61 Å². The number of rotatable bonds is 4. The smallest absolute Gasteiger partial charge is 0.308 e. The van der Waals surface area contributed by atoms with Crippen molar-refractivity contribution in [3.05, 3.63) is 0 Å². The topological polar surface area (TPSA) is 77.8 Å². The lowest BCUT2D eigenvalue weighted by Gasteiger charge is -2.30. The van der Waals surface area contributed by atoms with Gasteiger partial charge < -0.3 is 15.3 Å². The van der Waals surface area contributed by atoms with E-state index in [0.29, 0.717) is 0 Å². The number of carbonyl (C=O) groups is 1. The molecule has 0 aromatic carbocycles. The molecule has 0 radical (unpaired) electrons. The molecule has 0 aromatic heterocycles. The summed E-state index contributed by atoms with van der Waals surface area (Å²) in [6.07, 6.45) is -1.03. The summed E-state index contributed by atoms with van der Waals surface area (Å²) >= 11 is 0. The molecule has 0 aliphatic heterocycles. The summed E-state index contributed by atoms with van der Waals surface area (Å²) in [4.78, 5) is 10.5. The second-order valence-electron chi connectivity index (χ2n) is 3.72. The van der Waals surface area contributed by atoms with Gasteiger partial charge in [-0.15, -0.1) is 0 Å². The summed E-state index contributed by atoms with van der Waals surface area (Å²) < 4.78 is 0. The summed E-state index contributed by atoms with van der Waals surface area (Å²) in [5.41, 5.74) is -0.766. The van der Waals surface area contributed by atoms with Crippen LogP contribution >= 0.6 is 0 Å². The summed E-state index contributed by atoms with van der Waals surface area (Å²) in [6, 6.07) is 0. The maximum Gasteiger partial charge on any atom is 0.308 e. The van der Waals surface area contributed by atoms with Crippen LogP contribution in [0.25, 0.3) is 0 Å². The summed E-state index contributed by atoms with van der Waals surface area (Å²) in [6.45, 7) is 4.43. The Hall–Kier alpha value is -0.610. The second kappa shape index (κ2) is 3.87. The van der Waals surface area contributed by atoms with E-state index in [0.717, 1.165) is 0 Å². The predicted molar refractivity (Wildman–Crippen MR) is 43.7 cm³/mol. The molecule has 0 aromatic rings. The molecule has 0 aliphatic carbocycles. The van der Waals surface area contributed by atoms with Crippen LogP contribution < -0.4 is 0 Å². The van der Waals surface area contributed by atoms with Crippen LogP contribution in [0.1, 0.15) is 20.8 Å². The van der Waals surface area contributed by atoms with Gasteiger partial charge in [-0.2, -0.15) is 0 Å². The van der Waals surface area contributed by atoms with E-state index >= 15 is 0 Å². The number of aliphatic hydroxyl groups is 2. The van der Waals surface area contributed by atoms with Gasteiger partial charge in [-0.25, -0.2) is 0 Å². The van der Waals surface area contributed by atoms with Crippen molar-refractivity contribution in [2.45, 2.75) is 26.9 Å². The van der Waals surface area contributed by atoms with Crippen LogP contribution in [-0.4, -0.2) is 34.0 Å². The van der Waals surface area contributed by atoms with Crippen LogP contribution in [0.4, 0.5) is 0 Å². The molecule has 12 heavy (non-hydrogen) atoms. The highest BCUT2D eigenvalue weighted by molar-refractivity contribution is 5.70. The molecular formula is C8H16O4. The third-order valence-electron chi connectivity index (χ3n) is 2.07. The molecule has 0 bridgehead atoms. The number of aliphatic carboxylic acids is 1. The predicted octanol–water partition coefficient (Wildman–Crippen LogP) is 0.0865. The first-order valence-electron chi connectivity index (χ1n) is 3.84. The molecule has 0 rings (SSSR count). The lowest BCUT2D eigenvalue weighted by atomic mass is 9.81. The van der Waals surface area contributed by atoms with Crippen molar-refractivity contribution in [2.24, 2.45) is 11.3 Å². The maximum atomic E-state index is 10.5. The van der Waals surface area contributed by atoms with Crippen molar-refractivity contribution < 1.29 is 20.1 Å². The zero-order chi connectivity index (χ0) is 9.94. The van der Waals surface area contributed by atoms with Crippen molar-refractivity contribution in [3.8, 4) is 0 Å². The van der Waals surface area contributed by atoms with Crippen LogP contribution in [0.2, 0.25) is 0 Å². The quantitative estimate of drug-likeness (QED) is 0.567. The fourth-order valence-electron chi connectivity index (χ4n) is 0.905. The molecule has 0 fully saturated rings. The molecule has 72 valence electrons. The fourth-order valence-corrected chi connectivity index (χ4v) is 0.905. The van der Waals surface area contributed by atoms with E-state index in [4.69, 9.17) is 10.2 Å². The normalized spacial score (nSPS) is 17.1. The number of hydrogen-bond acceptors (Lipinski definition) is 3. The van der Waals surface area contributed by atoms with Gasteiger partial charge in [-0.05, 0) is 6.92 Å². The minimum atomic E-state index is -1.05.